The molecular weight excluding hydrogens is 450 g/mol. The van der Waals surface area contributed by atoms with Crippen LogP contribution in [0.15, 0.2) is 85.1 Å². The second-order valence-corrected chi connectivity index (χ2v) is 8.51. The fraction of sp³-hybridized carbons (Fsp3) is 0.185. The van der Waals surface area contributed by atoms with E-state index in [0.29, 0.717) is 18.0 Å². The maximum Gasteiger partial charge on any atom is 0.410 e. The van der Waals surface area contributed by atoms with E-state index < -0.39 is 12.1 Å². The molecule has 174 valence electrons. The Morgan fingerprint density at radius 3 is 2.44 bits per heavy atom. The van der Waals surface area contributed by atoms with Crippen molar-refractivity contribution >= 4 is 34.5 Å². The number of amides is 2. The molecule has 0 fully saturated rings. The third-order valence-corrected chi connectivity index (χ3v) is 5.98. The second-order valence-electron chi connectivity index (χ2n) is 8.07. The molecule has 0 bridgehead atoms. The summed E-state index contributed by atoms with van der Waals surface area (Å²) in [6.07, 6.45) is 1.66. The van der Waals surface area contributed by atoms with Gasteiger partial charge < -0.3 is 15.0 Å². The maximum absolute atomic E-state index is 13.3. The molecule has 7 heteroatoms. The van der Waals surface area contributed by atoms with E-state index in [0.717, 1.165) is 27.6 Å². The molecule has 4 aromatic rings. The Bertz CT molecular complexity index is 1260. The average molecular weight is 476 g/mol. The van der Waals surface area contributed by atoms with Crippen molar-refractivity contribution < 1.29 is 14.3 Å². The molecule has 6 nitrogen and oxygen atoms in total. The van der Waals surface area contributed by atoms with Gasteiger partial charge in [0.15, 0.2) is 0 Å². The Morgan fingerprint density at radius 1 is 0.971 bits per heavy atom. The summed E-state index contributed by atoms with van der Waals surface area (Å²) >= 11 is 5.95. The number of likely N-dealkylation sites (N-methyl/N-ethyl adjacent to an activating group) is 1. The van der Waals surface area contributed by atoms with Gasteiger partial charge in [0.25, 0.3) is 0 Å². The monoisotopic (exact) mass is 475 g/mol. The van der Waals surface area contributed by atoms with E-state index in [4.69, 9.17) is 16.3 Å². The highest BCUT2D eigenvalue weighted by molar-refractivity contribution is 6.30. The number of carbonyl (C=O) groups excluding carboxylic acids is 2. The van der Waals surface area contributed by atoms with Crippen LogP contribution in [0.4, 0.5) is 4.79 Å². The van der Waals surface area contributed by atoms with Gasteiger partial charge in [-0.1, -0.05) is 72.3 Å². The van der Waals surface area contributed by atoms with Crippen molar-refractivity contribution in [3.63, 3.8) is 0 Å². The minimum Gasteiger partial charge on any atom is -0.445 e. The number of para-hydroxylation sites is 1. The van der Waals surface area contributed by atoms with Crippen molar-refractivity contribution in [1.82, 2.24) is 15.2 Å². The molecule has 1 atom stereocenters. The van der Waals surface area contributed by atoms with E-state index in [9.17, 15) is 9.59 Å². The summed E-state index contributed by atoms with van der Waals surface area (Å²) < 4.78 is 5.49. The predicted octanol–water partition coefficient (Wildman–Crippen LogP) is 5.32. The number of aromatic amines is 1. The van der Waals surface area contributed by atoms with E-state index in [1.165, 1.54) is 4.90 Å². The SMILES string of the molecule is CN(C(=O)OCc1ccccc1)[C@@H](Cc1c[nH]c2ccccc12)C(=O)NCc1ccc(Cl)cc1. The second kappa shape index (κ2) is 10.9. The highest BCUT2D eigenvalue weighted by atomic mass is 35.5. The fourth-order valence-corrected chi connectivity index (χ4v) is 3.90. The minimum atomic E-state index is -0.755. The van der Waals surface area contributed by atoms with Crippen LogP contribution in [-0.4, -0.2) is 35.0 Å². The first-order valence-corrected chi connectivity index (χ1v) is 11.4. The number of fused-ring (bicyclic) bond motifs is 1. The summed E-state index contributed by atoms with van der Waals surface area (Å²) in [4.78, 5) is 30.7. The molecule has 2 amide bonds. The standard InChI is InChI=1S/C27H26ClN3O3/c1-31(27(33)34-18-20-7-3-2-4-8-20)25(15-21-17-29-24-10-6-5-9-23(21)24)26(32)30-16-19-11-13-22(28)14-12-19/h2-14,17,25,29H,15-16,18H2,1H3,(H,30,32)/t25-/m0/s1. The van der Waals surface area contributed by atoms with Crippen LogP contribution in [0.1, 0.15) is 16.7 Å². The molecule has 0 spiro atoms. The number of nitrogens with zero attached hydrogens (tertiary/aromatic N) is 1. The summed E-state index contributed by atoms with van der Waals surface area (Å²) in [7, 11) is 1.59. The van der Waals surface area contributed by atoms with Gasteiger partial charge in [-0.3, -0.25) is 9.69 Å². The van der Waals surface area contributed by atoms with Crippen molar-refractivity contribution in [1.29, 1.82) is 0 Å². The number of hydrogen-bond donors (Lipinski definition) is 2. The minimum absolute atomic E-state index is 0.135. The van der Waals surface area contributed by atoms with Crippen molar-refractivity contribution in [3.8, 4) is 0 Å². The van der Waals surface area contributed by atoms with E-state index in [1.807, 2.05) is 72.9 Å². The van der Waals surface area contributed by atoms with Crippen LogP contribution in [0.25, 0.3) is 10.9 Å². The largest absolute Gasteiger partial charge is 0.445 e. The maximum atomic E-state index is 13.3. The summed E-state index contributed by atoms with van der Waals surface area (Å²) in [5, 5.41) is 4.60. The Balaban J connectivity index is 1.50. The summed E-state index contributed by atoms with van der Waals surface area (Å²) in [5.74, 6) is -0.264. The molecule has 0 radical (unpaired) electrons. The van der Waals surface area contributed by atoms with Gasteiger partial charge >= 0.3 is 6.09 Å². The number of aromatic nitrogens is 1. The van der Waals surface area contributed by atoms with Crippen molar-refractivity contribution in [2.75, 3.05) is 7.05 Å². The lowest BCUT2D eigenvalue weighted by molar-refractivity contribution is -0.125. The lowest BCUT2D eigenvalue weighted by Gasteiger charge is -2.27. The normalized spacial score (nSPS) is 11.7. The Labute approximate surface area is 203 Å². The number of H-pyrrole nitrogens is 1. The molecule has 0 aliphatic heterocycles. The summed E-state index contributed by atoms with van der Waals surface area (Å²) in [6, 6.07) is 23.8. The quantitative estimate of drug-likeness (QED) is 0.362. The van der Waals surface area contributed by atoms with Gasteiger partial charge in [0.05, 0.1) is 0 Å². The Morgan fingerprint density at radius 2 is 1.68 bits per heavy atom. The van der Waals surface area contributed by atoms with Crippen molar-refractivity contribution in [2.24, 2.45) is 0 Å². The molecule has 1 aromatic heterocycles. The molecule has 34 heavy (non-hydrogen) atoms. The fourth-order valence-electron chi connectivity index (χ4n) is 3.77. The third kappa shape index (κ3) is 5.77. The summed E-state index contributed by atoms with van der Waals surface area (Å²) in [6.45, 7) is 0.462. The average Bonchev–Trinajstić information content (AvgIpc) is 3.28. The molecule has 0 unspecified atom stereocenters. The third-order valence-electron chi connectivity index (χ3n) is 5.73. The van der Waals surface area contributed by atoms with Crippen molar-refractivity contribution in [3.05, 3.63) is 107 Å². The molecule has 0 saturated carbocycles. The first-order valence-electron chi connectivity index (χ1n) is 11.0. The number of rotatable bonds is 8. The van der Waals surface area contributed by atoms with Crippen LogP contribution >= 0.6 is 11.6 Å². The van der Waals surface area contributed by atoms with E-state index in [1.54, 1.807) is 19.2 Å². The van der Waals surface area contributed by atoms with Gasteiger partial charge in [0.1, 0.15) is 12.6 Å². The van der Waals surface area contributed by atoms with Gasteiger partial charge in [-0.05, 0) is 34.9 Å². The zero-order valence-electron chi connectivity index (χ0n) is 18.8. The highest BCUT2D eigenvalue weighted by Crippen LogP contribution is 2.21. The number of halogens is 1. The lowest BCUT2D eigenvalue weighted by atomic mass is 10.0. The number of hydrogen-bond acceptors (Lipinski definition) is 3. The molecule has 2 N–H and O–H groups in total. The van der Waals surface area contributed by atoms with E-state index in [-0.39, 0.29) is 12.5 Å². The molecule has 4 rings (SSSR count). The predicted molar refractivity (Wildman–Crippen MR) is 133 cm³/mol. The van der Waals surface area contributed by atoms with Gasteiger partial charge in [0.2, 0.25) is 5.91 Å². The van der Waals surface area contributed by atoms with Gasteiger partial charge in [-0.25, -0.2) is 4.79 Å². The van der Waals surface area contributed by atoms with E-state index in [2.05, 4.69) is 10.3 Å². The highest BCUT2D eigenvalue weighted by Gasteiger charge is 2.29. The topological polar surface area (TPSA) is 74.4 Å². The zero-order chi connectivity index (χ0) is 23.9. The molecule has 1 heterocycles. The van der Waals surface area contributed by atoms with Crippen LogP contribution in [-0.2, 0) is 29.1 Å². The molecule has 0 aliphatic carbocycles. The molecule has 0 aliphatic rings. The molecule has 0 saturated heterocycles. The van der Waals surface area contributed by atoms with Crippen LogP contribution in [0.5, 0.6) is 0 Å². The number of ether oxygens (including phenoxy) is 1. The Hall–Kier alpha value is -3.77. The number of nitrogens with one attached hydrogen (secondary N) is 2. The van der Waals surface area contributed by atoms with Crippen LogP contribution in [0, 0.1) is 0 Å². The summed E-state index contributed by atoms with van der Waals surface area (Å²) in [5.41, 5.74) is 3.72. The smallest absolute Gasteiger partial charge is 0.410 e. The van der Waals surface area contributed by atoms with Gasteiger partial charge in [-0.2, -0.15) is 0 Å². The number of benzene rings is 3. The molecular formula is C27H26ClN3O3. The molecule has 3 aromatic carbocycles. The van der Waals surface area contributed by atoms with E-state index >= 15 is 0 Å². The van der Waals surface area contributed by atoms with Gasteiger partial charge in [0, 0.05) is 42.1 Å². The lowest BCUT2D eigenvalue weighted by Crippen LogP contribution is -2.48. The van der Waals surface area contributed by atoms with Crippen LogP contribution < -0.4 is 5.32 Å². The van der Waals surface area contributed by atoms with Crippen molar-refractivity contribution in [2.45, 2.75) is 25.6 Å². The first kappa shape index (κ1) is 23.4. The zero-order valence-corrected chi connectivity index (χ0v) is 19.6. The first-order chi connectivity index (χ1) is 16.5. The number of carbonyl (C=O) groups is 2. The van der Waals surface area contributed by atoms with Crippen LogP contribution in [0.3, 0.4) is 0 Å². The van der Waals surface area contributed by atoms with Crippen LogP contribution in [0.2, 0.25) is 5.02 Å². The Kier molecular flexibility index (Phi) is 7.50. The van der Waals surface area contributed by atoms with Gasteiger partial charge in [-0.15, -0.1) is 0 Å².